The summed E-state index contributed by atoms with van der Waals surface area (Å²) in [6.45, 7) is 0.511. The van der Waals surface area contributed by atoms with E-state index in [2.05, 4.69) is 10.3 Å². The highest BCUT2D eigenvalue weighted by Gasteiger charge is 2.34. The van der Waals surface area contributed by atoms with Gasteiger partial charge in [-0.25, -0.2) is 4.68 Å². The number of carbonyl (C=O) groups excluding carboxylic acids is 2. The van der Waals surface area contributed by atoms with Crippen LogP contribution in [-0.2, 0) is 6.54 Å². The molecule has 4 rings (SSSR count). The molecule has 3 aromatic rings. The van der Waals surface area contributed by atoms with E-state index < -0.39 is 0 Å². The molecule has 124 valence electrons. The molecular formula is C18H14N4O3. The van der Waals surface area contributed by atoms with Crippen molar-refractivity contribution in [3.8, 4) is 0 Å². The summed E-state index contributed by atoms with van der Waals surface area (Å²) in [4.78, 5) is 38.2. The van der Waals surface area contributed by atoms with Crippen LogP contribution >= 0.6 is 0 Å². The third kappa shape index (κ3) is 2.50. The first-order chi connectivity index (χ1) is 12.2. The van der Waals surface area contributed by atoms with E-state index in [1.165, 1.54) is 9.58 Å². The maximum atomic E-state index is 12.4. The number of carbonyl (C=O) groups is 2. The number of hydrogen-bond acceptors (Lipinski definition) is 5. The van der Waals surface area contributed by atoms with Crippen molar-refractivity contribution < 1.29 is 9.59 Å². The Morgan fingerprint density at radius 2 is 1.44 bits per heavy atom. The van der Waals surface area contributed by atoms with Gasteiger partial charge >= 0.3 is 0 Å². The van der Waals surface area contributed by atoms with Gasteiger partial charge in [-0.05, 0) is 30.7 Å². The molecule has 0 fully saturated rings. The van der Waals surface area contributed by atoms with Gasteiger partial charge < -0.3 is 0 Å². The second kappa shape index (κ2) is 5.94. The molecule has 0 N–H and O–H groups in total. The molecule has 0 saturated carbocycles. The lowest BCUT2D eigenvalue weighted by molar-refractivity contribution is 0.0650. The first-order valence-corrected chi connectivity index (χ1v) is 7.94. The van der Waals surface area contributed by atoms with Crippen LogP contribution in [0.25, 0.3) is 10.9 Å². The second-order valence-electron chi connectivity index (χ2n) is 5.80. The van der Waals surface area contributed by atoms with E-state index in [1.54, 1.807) is 48.5 Å². The minimum absolute atomic E-state index is 0.229. The van der Waals surface area contributed by atoms with Crippen LogP contribution in [0.1, 0.15) is 27.1 Å². The first-order valence-electron chi connectivity index (χ1n) is 7.94. The molecule has 0 bridgehead atoms. The van der Waals surface area contributed by atoms with Crippen LogP contribution in [-0.4, -0.2) is 38.3 Å². The summed E-state index contributed by atoms with van der Waals surface area (Å²) in [5.74, 6) is -0.588. The van der Waals surface area contributed by atoms with Gasteiger partial charge in [0, 0.05) is 13.1 Å². The van der Waals surface area contributed by atoms with Gasteiger partial charge in [0.15, 0.2) is 0 Å². The van der Waals surface area contributed by atoms with E-state index in [0.29, 0.717) is 28.5 Å². The number of rotatable bonds is 4. The van der Waals surface area contributed by atoms with Crippen molar-refractivity contribution >= 4 is 22.7 Å². The monoisotopic (exact) mass is 334 g/mol. The zero-order valence-electron chi connectivity index (χ0n) is 13.3. The van der Waals surface area contributed by atoms with Crippen LogP contribution in [0.4, 0.5) is 0 Å². The molecule has 0 saturated heterocycles. The lowest BCUT2D eigenvalue weighted by Crippen LogP contribution is -2.32. The Bertz CT molecular complexity index is 1020. The van der Waals surface area contributed by atoms with Crippen LogP contribution in [0, 0.1) is 0 Å². The molecule has 7 nitrogen and oxygen atoms in total. The zero-order valence-corrected chi connectivity index (χ0v) is 13.3. The number of imide groups is 1. The Morgan fingerprint density at radius 3 is 2.16 bits per heavy atom. The summed E-state index contributed by atoms with van der Waals surface area (Å²) in [6.07, 6.45) is 0.429. The lowest BCUT2D eigenvalue weighted by Gasteiger charge is -2.13. The van der Waals surface area contributed by atoms with Crippen LogP contribution in [0.15, 0.2) is 53.3 Å². The highest BCUT2D eigenvalue weighted by molar-refractivity contribution is 6.21. The summed E-state index contributed by atoms with van der Waals surface area (Å²) in [7, 11) is 0. The molecule has 0 atom stereocenters. The molecule has 1 aliphatic rings. The minimum atomic E-state index is -0.294. The highest BCUT2D eigenvalue weighted by Crippen LogP contribution is 2.22. The Hall–Kier alpha value is -3.35. The van der Waals surface area contributed by atoms with Gasteiger partial charge in [0.05, 0.1) is 16.5 Å². The average molecular weight is 334 g/mol. The Balaban J connectivity index is 1.49. The van der Waals surface area contributed by atoms with E-state index in [0.717, 1.165) is 0 Å². The molecular weight excluding hydrogens is 320 g/mol. The standard InChI is InChI=1S/C18H14N4O3/c23-16-12-6-1-2-7-13(12)17(24)21(16)10-5-11-22-18(25)14-8-3-4-9-15(14)19-20-22/h1-4,6-9H,5,10-11H2. The minimum Gasteiger partial charge on any atom is -0.274 e. The molecule has 0 unspecified atom stereocenters. The van der Waals surface area contributed by atoms with Gasteiger partial charge in [0.25, 0.3) is 17.4 Å². The quantitative estimate of drug-likeness (QED) is 0.675. The Morgan fingerprint density at radius 1 is 0.800 bits per heavy atom. The van der Waals surface area contributed by atoms with Gasteiger partial charge in [-0.3, -0.25) is 19.3 Å². The summed E-state index contributed by atoms with van der Waals surface area (Å²) in [5, 5.41) is 8.43. The van der Waals surface area contributed by atoms with E-state index in [9.17, 15) is 14.4 Å². The largest absolute Gasteiger partial charge is 0.277 e. The van der Waals surface area contributed by atoms with Gasteiger partial charge in [0.1, 0.15) is 5.52 Å². The number of hydrogen-bond donors (Lipinski definition) is 0. The molecule has 25 heavy (non-hydrogen) atoms. The van der Waals surface area contributed by atoms with Gasteiger partial charge in [-0.15, -0.1) is 5.10 Å². The van der Waals surface area contributed by atoms with Crippen molar-refractivity contribution in [3.05, 3.63) is 70.0 Å². The predicted molar refractivity (Wildman–Crippen MR) is 90.2 cm³/mol. The van der Waals surface area contributed by atoms with Gasteiger partial charge in [-0.1, -0.05) is 29.5 Å². The number of nitrogens with zero attached hydrogens (tertiary/aromatic N) is 4. The number of amides is 2. The summed E-state index contributed by atoms with van der Waals surface area (Å²) in [6, 6.07) is 13.8. The van der Waals surface area contributed by atoms with Crippen molar-refractivity contribution in [2.75, 3.05) is 6.54 Å². The zero-order chi connectivity index (χ0) is 17.4. The van der Waals surface area contributed by atoms with Crippen molar-refractivity contribution in [2.24, 2.45) is 0 Å². The molecule has 2 heterocycles. The summed E-state index contributed by atoms with van der Waals surface area (Å²) in [5.41, 5.74) is 1.17. The SMILES string of the molecule is O=C1c2ccccc2C(=O)N1CCCn1nnc2ccccc2c1=O. The molecule has 0 aliphatic carbocycles. The van der Waals surface area contributed by atoms with E-state index in [-0.39, 0.29) is 30.5 Å². The van der Waals surface area contributed by atoms with Crippen molar-refractivity contribution in [1.82, 2.24) is 19.9 Å². The normalized spacial score (nSPS) is 13.5. The van der Waals surface area contributed by atoms with Crippen molar-refractivity contribution in [1.29, 1.82) is 0 Å². The average Bonchev–Trinajstić information content (AvgIpc) is 2.89. The number of fused-ring (bicyclic) bond motifs is 2. The maximum Gasteiger partial charge on any atom is 0.277 e. The topological polar surface area (TPSA) is 85.2 Å². The lowest BCUT2D eigenvalue weighted by atomic mass is 10.1. The molecule has 0 spiro atoms. The Kier molecular flexibility index (Phi) is 3.61. The van der Waals surface area contributed by atoms with Gasteiger partial charge in [-0.2, -0.15) is 0 Å². The predicted octanol–water partition coefficient (Wildman–Crippen LogP) is 1.48. The summed E-state index contributed by atoms with van der Waals surface area (Å²) >= 11 is 0. The van der Waals surface area contributed by atoms with Crippen LogP contribution in [0.3, 0.4) is 0 Å². The number of aromatic nitrogens is 3. The smallest absolute Gasteiger partial charge is 0.274 e. The van der Waals surface area contributed by atoms with Gasteiger partial charge in [0.2, 0.25) is 0 Å². The molecule has 7 heteroatoms. The molecule has 0 radical (unpaired) electrons. The van der Waals surface area contributed by atoms with Crippen molar-refractivity contribution in [2.45, 2.75) is 13.0 Å². The first kappa shape index (κ1) is 15.2. The maximum absolute atomic E-state index is 12.4. The molecule has 2 amide bonds. The van der Waals surface area contributed by atoms with E-state index in [4.69, 9.17) is 0 Å². The number of aryl methyl sites for hydroxylation is 1. The van der Waals surface area contributed by atoms with Crippen LogP contribution < -0.4 is 5.56 Å². The molecule has 1 aromatic heterocycles. The third-order valence-electron chi connectivity index (χ3n) is 4.26. The van der Waals surface area contributed by atoms with Crippen LogP contribution in [0.2, 0.25) is 0 Å². The van der Waals surface area contributed by atoms with Crippen molar-refractivity contribution in [3.63, 3.8) is 0 Å². The molecule has 2 aromatic carbocycles. The van der Waals surface area contributed by atoms with E-state index in [1.807, 2.05) is 0 Å². The Labute approximate surface area is 142 Å². The third-order valence-corrected chi connectivity index (χ3v) is 4.26. The fourth-order valence-corrected chi connectivity index (χ4v) is 2.99. The fourth-order valence-electron chi connectivity index (χ4n) is 2.99. The second-order valence-corrected chi connectivity index (χ2v) is 5.80. The molecule has 1 aliphatic heterocycles. The van der Waals surface area contributed by atoms with E-state index >= 15 is 0 Å². The van der Waals surface area contributed by atoms with Crippen LogP contribution in [0.5, 0.6) is 0 Å². The highest BCUT2D eigenvalue weighted by atomic mass is 16.2. The summed E-state index contributed by atoms with van der Waals surface area (Å²) < 4.78 is 1.26. The fraction of sp³-hybridized carbons (Fsp3) is 0.167. The number of benzene rings is 2.